The Kier molecular flexibility index (Phi) is 6.09. The molecule has 1 aliphatic rings. The third-order valence-electron chi connectivity index (χ3n) is 4.87. The van der Waals surface area contributed by atoms with E-state index in [-0.39, 0.29) is 17.4 Å². The van der Waals surface area contributed by atoms with Crippen molar-refractivity contribution in [1.29, 1.82) is 0 Å². The third-order valence-corrected chi connectivity index (χ3v) is 5.77. The van der Waals surface area contributed by atoms with Crippen LogP contribution in [0.25, 0.3) is 17.0 Å². The number of benzene rings is 2. The molecule has 4 rings (SSSR count). The molecule has 1 N–H and O–H groups in total. The highest BCUT2D eigenvalue weighted by Gasteiger charge is 2.36. The molecule has 3 amide bonds. The Morgan fingerprint density at radius 1 is 1.03 bits per heavy atom. The first-order chi connectivity index (χ1) is 15.5. The van der Waals surface area contributed by atoms with E-state index in [1.165, 1.54) is 7.11 Å². The maximum Gasteiger partial charge on any atom is 0.325 e. The normalized spacial score (nSPS) is 14.9. The molecule has 0 atom stereocenters. The second-order valence-corrected chi connectivity index (χ2v) is 7.98. The van der Waals surface area contributed by atoms with Crippen LogP contribution in [0.2, 0.25) is 0 Å². The van der Waals surface area contributed by atoms with Crippen LogP contribution in [0.4, 0.5) is 10.5 Å². The van der Waals surface area contributed by atoms with Crippen LogP contribution >= 0.6 is 11.8 Å². The molecule has 0 radical (unpaired) electrons. The summed E-state index contributed by atoms with van der Waals surface area (Å²) in [6.07, 6.45) is 3.37. The molecule has 32 heavy (non-hydrogen) atoms. The zero-order valence-corrected chi connectivity index (χ0v) is 17.9. The first-order valence-electron chi connectivity index (χ1n) is 9.71. The van der Waals surface area contributed by atoms with Gasteiger partial charge in [-0.1, -0.05) is 36.4 Å². The van der Waals surface area contributed by atoms with E-state index in [1.807, 2.05) is 54.6 Å². The summed E-state index contributed by atoms with van der Waals surface area (Å²) in [5, 5.41) is 3.15. The summed E-state index contributed by atoms with van der Waals surface area (Å²) in [5.74, 6) is -1.42. The van der Waals surface area contributed by atoms with Crippen molar-refractivity contribution in [2.45, 2.75) is 6.54 Å². The first-order valence-corrected chi connectivity index (χ1v) is 10.5. The number of anilines is 1. The van der Waals surface area contributed by atoms with Crippen LogP contribution in [0.3, 0.4) is 0 Å². The lowest BCUT2D eigenvalue weighted by Crippen LogP contribution is -2.34. The minimum Gasteiger partial charge on any atom is -0.468 e. The van der Waals surface area contributed by atoms with E-state index < -0.39 is 23.7 Å². The van der Waals surface area contributed by atoms with Crippen molar-refractivity contribution >= 4 is 57.5 Å². The zero-order chi connectivity index (χ0) is 22.7. The van der Waals surface area contributed by atoms with Gasteiger partial charge in [-0.15, -0.1) is 0 Å². The molecule has 2 heterocycles. The number of methoxy groups -OCH3 is 1. The quantitative estimate of drug-likeness (QED) is 0.457. The third kappa shape index (κ3) is 4.42. The number of nitrogens with zero attached hydrogens (tertiary/aromatic N) is 2. The number of ether oxygens (including phenoxy) is 1. The molecule has 2 aromatic carbocycles. The number of fused-ring (bicyclic) bond motifs is 1. The molecule has 1 aliphatic heterocycles. The van der Waals surface area contributed by atoms with E-state index in [4.69, 9.17) is 0 Å². The minimum absolute atomic E-state index is 0.0765. The lowest BCUT2D eigenvalue weighted by Gasteiger charge is -2.09. The Labute approximate surface area is 187 Å². The molecule has 0 unspecified atom stereocenters. The number of carbonyl (C=O) groups is 4. The lowest BCUT2D eigenvalue weighted by molar-refractivity contribution is -0.143. The van der Waals surface area contributed by atoms with Gasteiger partial charge in [0.05, 0.1) is 12.0 Å². The largest absolute Gasteiger partial charge is 0.468 e. The Bertz CT molecular complexity index is 1250. The fourth-order valence-electron chi connectivity index (χ4n) is 3.37. The molecular formula is C23H19N3O5S. The molecule has 162 valence electrons. The molecule has 1 fully saturated rings. The highest BCUT2D eigenvalue weighted by atomic mass is 32.2. The van der Waals surface area contributed by atoms with Crippen molar-refractivity contribution in [3.05, 3.63) is 71.3 Å². The van der Waals surface area contributed by atoms with Gasteiger partial charge in [-0.25, -0.2) is 0 Å². The number of thioether (sulfide) groups is 1. The fraction of sp³-hybridized carbons (Fsp3) is 0.130. The number of carbonyl (C=O) groups excluding carboxylic acids is 4. The molecule has 1 aromatic heterocycles. The maximum atomic E-state index is 12.6. The average Bonchev–Trinajstić information content (AvgIpc) is 3.26. The highest BCUT2D eigenvalue weighted by molar-refractivity contribution is 8.18. The number of imide groups is 1. The summed E-state index contributed by atoms with van der Waals surface area (Å²) >= 11 is 0.765. The summed E-state index contributed by atoms with van der Waals surface area (Å²) in [5.41, 5.74) is 2.21. The van der Waals surface area contributed by atoms with Gasteiger partial charge in [0.25, 0.3) is 11.1 Å². The zero-order valence-electron chi connectivity index (χ0n) is 17.1. The predicted octanol–water partition coefficient (Wildman–Crippen LogP) is 3.49. The van der Waals surface area contributed by atoms with Gasteiger partial charge in [-0.2, -0.15) is 0 Å². The Morgan fingerprint density at radius 3 is 2.50 bits per heavy atom. The van der Waals surface area contributed by atoms with Crippen LogP contribution in [0, 0.1) is 0 Å². The van der Waals surface area contributed by atoms with Crippen LogP contribution in [0.5, 0.6) is 0 Å². The SMILES string of the molecule is COC(=O)CN1C(=O)S/C(=C/c2cn(CC(=O)Nc3ccccc3)c3ccccc23)C1=O. The van der Waals surface area contributed by atoms with Gasteiger partial charge in [-0.05, 0) is 36.0 Å². The number of esters is 1. The summed E-state index contributed by atoms with van der Waals surface area (Å²) in [6, 6.07) is 16.6. The number of nitrogens with one attached hydrogen (secondary N) is 1. The van der Waals surface area contributed by atoms with Gasteiger partial charge >= 0.3 is 5.97 Å². The summed E-state index contributed by atoms with van der Waals surface area (Å²) < 4.78 is 6.34. The van der Waals surface area contributed by atoms with Crippen LogP contribution in [-0.2, 0) is 25.7 Å². The van der Waals surface area contributed by atoms with Gasteiger partial charge in [-0.3, -0.25) is 24.1 Å². The van der Waals surface area contributed by atoms with E-state index in [1.54, 1.807) is 16.8 Å². The van der Waals surface area contributed by atoms with Crippen LogP contribution in [-0.4, -0.2) is 46.1 Å². The van der Waals surface area contributed by atoms with Crippen LogP contribution in [0.1, 0.15) is 5.56 Å². The molecule has 0 bridgehead atoms. The summed E-state index contributed by atoms with van der Waals surface area (Å²) in [7, 11) is 1.19. The van der Waals surface area contributed by atoms with Gasteiger partial charge in [0.15, 0.2) is 0 Å². The molecule has 8 nitrogen and oxygen atoms in total. The number of para-hydroxylation sites is 2. The second-order valence-electron chi connectivity index (χ2n) is 6.99. The summed E-state index contributed by atoms with van der Waals surface area (Å²) in [4.78, 5) is 49.9. The van der Waals surface area contributed by atoms with Crippen molar-refractivity contribution < 1.29 is 23.9 Å². The van der Waals surface area contributed by atoms with E-state index in [9.17, 15) is 19.2 Å². The van der Waals surface area contributed by atoms with Crippen molar-refractivity contribution in [2.24, 2.45) is 0 Å². The van der Waals surface area contributed by atoms with Crippen LogP contribution in [0.15, 0.2) is 65.7 Å². The Hall–Kier alpha value is -3.85. The van der Waals surface area contributed by atoms with Crippen molar-refractivity contribution in [2.75, 3.05) is 19.0 Å². The molecule has 0 saturated carbocycles. The van der Waals surface area contributed by atoms with Gasteiger partial charge in [0.1, 0.15) is 13.1 Å². The first kappa shape index (κ1) is 21.4. The number of rotatable bonds is 6. The molecule has 0 aliphatic carbocycles. The van der Waals surface area contributed by atoms with E-state index in [0.717, 1.165) is 27.6 Å². The smallest absolute Gasteiger partial charge is 0.325 e. The predicted molar refractivity (Wildman–Crippen MR) is 122 cm³/mol. The van der Waals surface area contributed by atoms with Gasteiger partial charge in [0.2, 0.25) is 5.91 Å². The monoisotopic (exact) mass is 449 g/mol. The molecule has 3 aromatic rings. The minimum atomic E-state index is -0.672. The van der Waals surface area contributed by atoms with Crippen molar-refractivity contribution in [1.82, 2.24) is 9.47 Å². The fourth-order valence-corrected chi connectivity index (χ4v) is 4.20. The summed E-state index contributed by atoms with van der Waals surface area (Å²) in [6.45, 7) is -0.354. The molecule has 9 heteroatoms. The standard InChI is InChI=1S/C23H19N3O5S/c1-31-21(28)14-26-22(29)19(32-23(26)30)11-15-12-25(18-10-6-5-9-17(15)18)13-20(27)24-16-7-3-2-4-8-16/h2-12H,13-14H2,1H3,(H,24,27)/b19-11+. The Morgan fingerprint density at radius 2 is 1.75 bits per heavy atom. The number of hydrogen-bond acceptors (Lipinski definition) is 6. The lowest BCUT2D eigenvalue weighted by atomic mass is 10.1. The van der Waals surface area contributed by atoms with Gasteiger partial charge in [0, 0.05) is 28.4 Å². The maximum absolute atomic E-state index is 12.6. The Balaban J connectivity index is 1.60. The number of hydrogen-bond donors (Lipinski definition) is 1. The van der Waals surface area contributed by atoms with Crippen molar-refractivity contribution in [3.63, 3.8) is 0 Å². The van der Waals surface area contributed by atoms with Crippen LogP contribution < -0.4 is 5.32 Å². The number of aromatic nitrogens is 1. The molecule has 0 spiro atoms. The highest BCUT2D eigenvalue weighted by Crippen LogP contribution is 2.34. The number of amides is 3. The topological polar surface area (TPSA) is 97.7 Å². The second kappa shape index (κ2) is 9.11. The van der Waals surface area contributed by atoms with Gasteiger partial charge < -0.3 is 14.6 Å². The van der Waals surface area contributed by atoms with Crippen molar-refractivity contribution in [3.8, 4) is 0 Å². The average molecular weight is 449 g/mol. The van der Waals surface area contributed by atoms with E-state index in [0.29, 0.717) is 11.3 Å². The van der Waals surface area contributed by atoms with E-state index >= 15 is 0 Å². The molecule has 1 saturated heterocycles. The molecular weight excluding hydrogens is 430 g/mol. The van der Waals surface area contributed by atoms with E-state index in [2.05, 4.69) is 10.1 Å².